The highest BCUT2D eigenvalue weighted by atomic mass is 16.4. The molecule has 4 amide bonds. The molecule has 38 heavy (non-hydrogen) atoms. The maximum Gasteiger partial charge on any atom is 0.326 e. The van der Waals surface area contributed by atoms with Gasteiger partial charge in [0, 0.05) is 36.5 Å². The molecule has 1 aromatic carbocycles. The summed E-state index contributed by atoms with van der Waals surface area (Å²) in [4.78, 5) is 66.7. The number of nitrogens with one attached hydrogen (secondary N) is 3. The molecule has 13 heteroatoms. The number of likely N-dealkylation sites (tertiary alicyclic amines) is 1. The Labute approximate surface area is 218 Å². The number of carboxylic acid groups (broad SMARTS) is 1. The number of amides is 4. The predicted molar refractivity (Wildman–Crippen MR) is 136 cm³/mol. The molecule has 1 aliphatic rings. The van der Waals surface area contributed by atoms with Crippen LogP contribution in [0.15, 0.2) is 30.5 Å². The molecule has 13 nitrogen and oxygen atoms in total. The number of H-pyrrole nitrogens is 1. The first-order valence-corrected chi connectivity index (χ1v) is 12.4. The average molecular weight is 531 g/mol. The van der Waals surface area contributed by atoms with Crippen LogP contribution in [0, 0.1) is 0 Å². The zero-order valence-corrected chi connectivity index (χ0v) is 21.1. The minimum Gasteiger partial charge on any atom is -0.480 e. The standard InChI is InChI=1S/C25H34N6O7/c1-13(32)21(27)23(35)29-17(8-9-20(26)33)24(36)31-10-4-7-19(31)22(34)30-18(25(37)38)11-14-12-28-16-6-3-2-5-15(14)16/h2-3,5-6,12-13,17-19,21,28,32H,4,7-11,27H2,1H3,(H2,26,33)(H,29,35)(H,30,34)(H,37,38). The van der Waals surface area contributed by atoms with E-state index in [4.69, 9.17) is 11.5 Å². The number of hydrogen-bond donors (Lipinski definition) is 7. The second kappa shape index (κ2) is 12.5. The Balaban J connectivity index is 1.73. The fourth-order valence-electron chi connectivity index (χ4n) is 4.52. The number of para-hydroxylation sites is 1. The first kappa shape index (κ1) is 28.6. The van der Waals surface area contributed by atoms with Gasteiger partial charge in [-0.1, -0.05) is 18.2 Å². The Bertz CT molecular complexity index is 1200. The van der Waals surface area contributed by atoms with Gasteiger partial charge in [0.15, 0.2) is 0 Å². The number of nitrogens with zero attached hydrogens (tertiary/aromatic N) is 1. The molecule has 3 rings (SSSR count). The molecule has 0 saturated carbocycles. The normalized spacial score (nSPS) is 18.4. The Kier molecular flexibility index (Phi) is 9.42. The lowest BCUT2D eigenvalue weighted by Crippen LogP contribution is -2.58. The van der Waals surface area contributed by atoms with Crippen LogP contribution in [0.25, 0.3) is 10.9 Å². The van der Waals surface area contributed by atoms with Gasteiger partial charge in [-0.3, -0.25) is 19.2 Å². The van der Waals surface area contributed by atoms with Crippen LogP contribution in [0.4, 0.5) is 0 Å². The summed E-state index contributed by atoms with van der Waals surface area (Å²) >= 11 is 0. The molecule has 206 valence electrons. The Hall–Kier alpha value is -3.97. The number of fused-ring (bicyclic) bond motifs is 1. The summed E-state index contributed by atoms with van der Waals surface area (Å²) in [5.74, 6) is -3.97. The average Bonchev–Trinajstić information content (AvgIpc) is 3.52. The van der Waals surface area contributed by atoms with Crippen molar-refractivity contribution in [2.75, 3.05) is 6.54 Å². The molecule has 2 heterocycles. The van der Waals surface area contributed by atoms with E-state index in [-0.39, 0.29) is 25.8 Å². The van der Waals surface area contributed by atoms with Crippen molar-refractivity contribution in [3.63, 3.8) is 0 Å². The lowest BCUT2D eigenvalue weighted by molar-refractivity contribution is -0.145. The third-order valence-corrected chi connectivity index (χ3v) is 6.67. The van der Waals surface area contributed by atoms with Gasteiger partial charge < -0.3 is 42.2 Å². The van der Waals surface area contributed by atoms with E-state index in [0.29, 0.717) is 12.8 Å². The van der Waals surface area contributed by atoms with Gasteiger partial charge in [-0.15, -0.1) is 0 Å². The van der Waals surface area contributed by atoms with E-state index in [1.807, 2.05) is 24.3 Å². The topological polar surface area (TPSA) is 221 Å². The summed E-state index contributed by atoms with van der Waals surface area (Å²) in [5, 5.41) is 25.2. The van der Waals surface area contributed by atoms with Gasteiger partial charge >= 0.3 is 5.97 Å². The van der Waals surface area contributed by atoms with Crippen LogP contribution in [-0.2, 0) is 30.4 Å². The van der Waals surface area contributed by atoms with Crippen molar-refractivity contribution in [1.29, 1.82) is 0 Å². The van der Waals surface area contributed by atoms with Crippen molar-refractivity contribution < 1.29 is 34.2 Å². The van der Waals surface area contributed by atoms with Crippen molar-refractivity contribution in [1.82, 2.24) is 20.5 Å². The SMILES string of the molecule is CC(O)C(N)C(=O)NC(CCC(N)=O)C(=O)N1CCCC1C(=O)NC(Cc1c[nH]c2ccccc12)C(=O)O. The highest BCUT2D eigenvalue weighted by Crippen LogP contribution is 2.22. The van der Waals surface area contributed by atoms with Crippen molar-refractivity contribution in [2.24, 2.45) is 11.5 Å². The first-order chi connectivity index (χ1) is 18.0. The minimum absolute atomic E-state index is 0.0281. The van der Waals surface area contributed by atoms with Gasteiger partial charge in [-0.2, -0.15) is 0 Å². The van der Waals surface area contributed by atoms with E-state index in [1.165, 1.54) is 11.8 Å². The maximum atomic E-state index is 13.4. The highest BCUT2D eigenvalue weighted by molar-refractivity contribution is 5.95. The zero-order valence-electron chi connectivity index (χ0n) is 21.1. The Morgan fingerprint density at radius 1 is 1.16 bits per heavy atom. The van der Waals surface area contributed by atoms with Crippen LogP contribution in [-0.4, -0.2) is 86.5 Å². The lowest BCUT2D eigenvalue weighted by atomic mass is 10.0. The number of aromatic nitrogens is 1. The van der Waals surface area contributed by atoms with Crippen molar-refractivity contribution in [3.05, 3.63) is 36.0 Å². The van der Waals surface area contributed by atoms with Crippen LogP contribution >= 0.6 is 0 Å². The van der Waals surface area contributed by atoms with Crippen LogP contribution in [0.3, 0.4) is 0 Å². The molecular formula is C25H34N6O7. The summed E-state index contributed by atoms with van der Waals surface area (Å²) in [5.41, 5.74) is 12.4. The summed E-state index contributed by atoms with van der Waals surface area (Å²) in [6, 6.07) is 2.66. The molecule has 0 aliphatic carbocycles. The fourth-order valence-corrected chi connectivity index (χ4v) is 4.52. The van der Waals surface area contributed by atoms with Crippen LogP contribution in [0.2, 0.25) is 0 Å². The van der Waals surface area contributed by atoms with Crippen LogP contribution in [0.5, 0.6) is 0 Å². The van der Waals surface area contributed by atoms with E-state index in [2.05, 4.69) is 15.6 Å². The molecule has 9 N–H and O–H groups in total. The van der Waals surface area contributed by atoms with Crippen molar-refractivity contribution in [2.45, 2.75) is 69.3 Å². The molecule has 0 radical (unpaired) electrons. The monoisotopic (exact) mass is 530 g/mol. The molecule has 1 aliphatic heterocycles. The summed E-state index contributed by atoms with van der Waals surface area (Å²) in [6.07, 6.45) is 0.973. The number of aliphatic hydroxyl groups excluding tert-OH is 1. The molecule has 1 aromatic heterocycles. The summed E-state index contributed by atoms with van der Waals surface area (Å²) < 4.78 is 0. The molecular weight excluding hydrogens is 496 g/mol. The third kappa shape index (κ3) is 6.86. The quantitative estimate of drug-likeness (QED) is 0.175. The van der Waals surface area contributed by atoms with E-state index >= 15 is 0 Å². The molecule has 1 saturated heterocycles. The van der Waals surface area contributed by atoms with Crippen molar-refractivity contribution >= 4 is 40.5 Å². The number of rotatable bonds is 12. The molecule has 0 spiro atoms. The van der Waals surface area contributed by atoms with Gasteiger partial charge in [-0.05, 0) is 37.8 Å². The second-order valence-corrected chi connectivity index (χ2v) is 9.49. The number of carbonyl (C=O) groups is 5. The number of aliphatic hydroxyl groups is 1. The smallest absolute Gasteiger partial charge is 0.326 e. The van der Waals surface area contributed by atoms with Gasteiger partial charge in [0.1, 0.15) is 24.2 Å². The van der Waals surface area contributed by atoms with Crippen LogP contribution in [0.1, 0.15) is 38.2 Å². The number of nitrogens with two attached hydrogens (primary N) is 2. The van der Waals surface area contributed by atoms with Gasteiger partial charge in [-0.25, -0.2) is 4.79 Å². The maximum absolute atomic E-state index is 13.4. The molecule has 1 fully saturated rings. The van der Waals surface area contributed by atoms with E-state index in [0.717, 1.165) is 16.5 Å². The molecule has 5 atom stereocenters. The zero-order chi connectivity index (χ0) is 28.0. The van der Waals surface area contributed by atoms with E-state index < -0.39 is 59.9 Å². The number of carbonyl (C=O) groups excluding carboxylic acids is 4. The molecule has 2 aromatic rings. The van der Waals surface area contributed by atoms with E-state index in [1.54, 1.807) is 6.20 Å². The number of carboxylic acids is 1. The Morgan fingerprint density at radius 3 is 2.53 bits per heavy atom. The first-order valence-electron chi connectivity index (χ1n) is 12.4. The minimum atomic E-state index is -1.31. The second-order valence-electron chi connectivity index (χ2n) is 9.49. The van der Waals surface area contributed by atoms with Gasteiger partial charge in [0.05, 0.1) is 6.10 Å². The number of aromatic amines is 1. The summed E-state index contributed by atoms with van der Waals surface area (Å²) in [6.45, 7) is 1.52. The number of benzene rings is 1. The van der Waals surface area contributed by atoms with Gasteiger partial charge in [0.2, 0.25) is 23.6 Å². The summed E-state index contributed by atoms with van der Waals surface area (Å²) in [7, 11) is 0. The van der Waals surface area contributed by atoms with Gasteiger partial charge in [0.25, 0.3) is 0 Å². The number of hydrogen-bond acceptors (Lipinski definition) is 7. The lowest BCUT2D eigenvalue weighted by Gasteiger charge is -2.30. The molecule has 5 unspecified atom stereocenters. The number of aliphatic carboxylic acids is 1. The largest absolute Gasteiger partial charge is 0.480 e. The predicted octanol–water partition coefficient (Wildman–Crippen LogP) is -1.27. The molecule has 0 bridgehead atoms. The third-order valence-electron chi connectivity index (χ3n) is 6.67. The van der Waals surface area contributed by atoms with E-state index in [9.17, 15) is 34.2 Å². The van der Waals surface area contributed by atoms with Crippen molar-refractivity contribution in [3.8, 4) is 0 Å². The number of primary amides is 1. The van der Waals surface area contributed by atoms with Crippen LogP contribution < -0.4 is 22.1 Å². The Morgan fingerprint density at radius 2 is 1.87 bits per heavy atom. The highest BCUT2D eigenvalue weighted by Gasteiger charge is 2.39. The fraction of sp³-hybridized carbons (Fsp3) is 0.480.